The molecule has 1 N–H and O–H groups in total. The molecule has 114 valence electrons. The number of para-hydroxylation sites is 1. The fraction of sp³-hybridized carbons (Fsp3) is 0.0500. The molecule has 0 bridgehead atoms. The number of ether oxygens (including phenoxy) is 1. The van der Waals surface area contributed by atoms with Crippen molar-refractivity contribution in [1.29, 1.82) is 0 Å². The van der Waals surface area contributed by atoms with Crippen molar-refractivity contribution in [3.05, 3.63) is 96.1 Å². The summed E-state index contributed by atoms with van der Waals surface area (Å²) >= 11 is 0. The van der Waals surface area contributed by atoms with Crippen molar-refractivity contribution in [1.82, 2.24) is 0 Å². The summed E-state index contributed by atoms with van der Waals surface area (Å²) in [6.07, 6.45) is 1.79. The highest BCUT2D eigenvalue weighted by molar-refractivity contribution is 5.80. The van der Waals surface area contributed by atoms with Gasteiger partial charge in [-0.2, -0.15) is 5.10 Å². The molecule has 23 heavy (non-hydrogen) atoms. The fourth-order valence-electron chi connectivity index (χ4n) is 2.09. The molecule has 3 nitrogen and oxygen atoms in total. The van der Waals surface area contributed by atoms with E-state index in [4.69, 9.17) is 4.74 Å². The predicted octanol–water partition coefficient (Wildman–Crippen LogP) is 4.71. The maximum Gasteiger partial charge on any atom is 0.119 e. The van der Waals surface area contributed by atoms with E-state index in [2.05, 4.69) is 22.7 Å². The van der Waals surface area contributed by atoms with Gasteiger partial charge in [0.2, 0.25) is 0 Å². The van der Waals surface area contributed by atoms with Crippen LogP contribution in [0.25, 0.3) is 0 Å². The molecule has 3 aromatic carbocycles. The zero-order valence-electron chi connectivity index (χ0n) is 12.7. The van der Waals surface area contributed by atoms with Gasteiger partial charge in [-0.05, 0) is 47.5 Å². The number of rotatable bonds is 6. The Kier molecular flexibility index (Phi) is 5.04. The number of benzene rings is 3. The van der Waals surface area contributed by atoms with E-state index in [1.54, 1.807) is 6.21 Å². The third kappa shape index (κ3) is 4.71. The third-order valence-electron chi connectivity index (χ3n) is 3.31. The van der Waals surface area contributed by atoms with Gasteiger partial charge in [0, 0.05) is 0 Å². The molecule has 0 spiro atoms. The van der Waals surface area contributed by atoms with Crippen LogP contribution < -0.4 is 10.2 Å². The first kappa shape index (κ1) is 14.9. The van der Waals surface area contributed by atoms with Gasteiger partial charge in [0.25, 0.3) is 0 Å². The van der Waals surface area contributed by atoms with E-state index < -0.39 is 0 Å². The lowest BCUT2D eigenvalue weighted by Crippen LogP contribution is -1.95. The monoisotopic (exact) mass is 302 g/mol. The second kappa shape index (κ2) is 7.80. The zero-order valence-corrected chi connectivity index (χ0v) is 12.7. The minimum absolute atomic E-state index is 0.573. The van der Waals surface area contributed by atoms with Gasteiger partial charge >= 0.3 is 0 Å². The van der Waals surface area contributed by atoms with E-state index in [0.717, 1.165) is 22.6 Å². The highest BCUT2D eigenvalue weighted by Gasteiger charge is 1.96. The molecular formula is C20H18N2O. The normalized spacial score (nSPS) is 10.6. The van der Waals surface area contributed by atoms with E-state index in [1.807, 2.05) is 72.8 Å². The van der Waals surface area contributed by atoms with Crippen LogP contribution in [0.5, 0.6) is 5.75 Å². The summed E-state index contributed by atoms with van der Waals surface area (Å²) in [5, 5.41) is 4.22. The van der Waals surface area contributed by atoms with Crippen LogP contribution in [0.1, 0.15) is 11.1 Å². The number of nitrogens with zero attached hydrogens (tertiary/aromatic N) is 1. The van der Waals surface area contributed by atoms with Gasteiger partial charge in [0.1, 0.15) is 12.4 Å². The largest absolute Gasteiger partial charge is 0.489 e. The average Bonchev–Trinajstić information content (AvgIpc) is 2.63. The molecule has 0 amide bonds. The van der Waals surface area contributed by atoms with Crippen molar-refractivity contribution >= 4 is 11.9 Å². The van der Waals surface area contributed by atoms with E-state index >= 15 is 0 Å². The molecule has 0 aliphatic rings. The van der Waals surface area contributed by atoms with Crippen LogP contribution in [-0.4, -0.2) is 6.21 Å². The molecule has 0 aliphatic heterocycles. The Balaban J connectivity index is 1.52. The van der Waals surface area contributed by atoms with Crippen molar-refractivity contribution in [3.8, 4) is 5.75 Å². The van der Waals surface area contributed by atoms with Gasteiger partial charge in [-0.25, -0.2) is 0 Å². The molecule has 0 saturated carbocycles. The molecule has 0 saturated heterocycles. The topological polar surface area (TPSA) is 33.6 Å². The first-order valence-electron chi connectivity index (χ1n) is 7.51. The van der Waals surface area contributed by atoms with E-state index in [-0.39, 0.29) is 0 Å². The van der Waals surface area contributed by atoms with Crippen molar-refractivity contribution in [3.63, 3.8) is 0 Å². The molecule has 0 radical (unpaired) electrons. The number of anilines is 1. The van der Waals surface area contributed by atoms with Crippen molar-refractivity contribution < 1.29 is 4.74 Å². The van der Waals surface area contributed by atoms with E-state index in [9.17, 15) is 0 Å². The highest BCUT2D eigenvalue weighted by atomic mass is 16.5. The van der Waals surface area contributed by atoms with Crippen LogP contribution >= 0.6 is 0 Å². The van der Waals surface area contributed by atoms with Crippen molar-refractivity contribution in [2.45, 2.75) is 6.61 Å². The molecular weight excluding hydrogens is 284 g/mol. The Labute approximate surface area is 136 Å². The Morgan fingerprint density at radius 3 is 2.13 bits per heavy atom. The second-order valence-electron chi connectivity index (χ2n) is 5.08. The number of nitrogens with one attached hydrogen (secondary N) is 1. The smallest absolute Gasteiger partial charge is 0.119 e. The predicted molar refractivity (Wildman–Crippen MR) is 94.9 cm³/mol. The summed E-state index contributed by atoms with van der Waals surface area (Å²) in [4.78, 5) is 0. The molecule has 3 heteroatoms. The Bertz CT molecular complexity index is 738. The molecule has 3 rings (SSSR count). The lowest BCUT2D eigenvalue weighted by atomic mass is 10.2. The zero-order chi connectivity index (χ0) is 15.7. The first-order valence-corrected chi connectivity index (χ1v) is 7.51. The second-order valence-corrected chi connectivity index (χ2v) is 5.08. The van der Waals surface area contributed by atoms with Crippen molar-refractivity contribution in [2.75, 3.05) is 5.43 Å². The summed E-state index contributed by atoms with van der Waals surface area (Å²) in [6, 6.07) is 27.8. The summed E-state index contributed by atoms with van der Waals surface area (Å²) in [5.74, 6) is 0.849. The molecule has 3 aromatic rings. The van der Waals surface area contributed by atoms with Gasteiger partial charge in [0.05, 0.1) is 11.9 Å². The molecule has 0 unspecified atom stereocenters. The number of hydrogen-bond acceptors (Lipinski definition) is 3. The van der Waals surface area contributed by atoms with Crippen molar-refractivity contribution in [2.24, 2.45) is 5.10 Å². The van der Waals surface area contributed by atoms with Gasteiger partial charge in [-0.3, -0.25) is 5.43 Å². The Hall–Kier alpha value is -3.07. The number of hydrogen-bond donors (Lipinski definition) is 1. The fourth-order valence-corrected chi connectivity index (χ4v) is 2.09. The molecule has 0 aliphatic carbocycles. The maximum absolute atomic E-state index is 5.76. The van der Waals surface area contributed by atoms with E-state index in [0.29, 0.717) is 6.61 Å². The van der Waals surface area contributed by atoms with Crippen LogP contribution in [0.3, 0.4) is 0 Å². The minimum Gasteiger partial charge on any atom is -0.489 e. The van der Waals surface area contributed by atoms with E-state index in [1.165, 1.54) is 0 Å². The standard InChI is InChI=1S/C20H18N2O/c1-3-7-18(8-4-1)16-23-20-13-11-17(12-14-20)15-21-22-19-9-5-2-6-10-19/h1-15,22H,16H2/b21-15+. The molecule has 0 heterocycles. The maximum atomic E-state index is 5.76. The minimum atomic E-state index is 0.573. The Morgan fingerprint density at radius 1 is 0.783 bits per heavy atom. The molecule has 0 aromatic heterocycles. The third-order valence-corrected chi connectivity index (χ3v) is 3.31. The van der Waals surface area contributed by atoms with Gasteiger partial charge in [-0.15, -0.1) is 0 Å². The highest BCUT2D eigenvalue weighted by Crippen LogP contribution is 2.13. The van der Waals surface area contributed by atoms with Gasteiger partial charge < -0.3 is 4.74 Å². The summed E-state index contributed by atoms with van der Waals surface area (Å²) in [7, 11) is 0. The quantitative estimate of drug-likeness (QED) is 0.528. The molecule has 0 fully saturated rings. The van der Waals surface area contributed by atoms with Crippen LogP contribution in [0.4, 0.5) is 5.69 Å². The van der Waals surface area contributed by atoms with Crippen LogP contribution in [0, 0.1) is 0 Å². The van der Waals surface area contributed by atoms with Gasteiger partial charge in [-0.1, -0.05) is 48.5 Å². The first-order chi connectivity index (χ1) is 11.4. The lowest BCUT2D eigenvalue weighted by Gasteiger charge is -2.06. The summed E-state index contributed by atoms with van der Waals surface area (Å²) in [6.45, 7) is 0.573. The Morgan fingerprint density at radius 2 is 1.43 bits per heavy atom. The van der Waals surface area contributed by atoms with Crippen LogP contribution in [0.15, 0.2) is 90.0 Å². The summed E-state index contributed by atoms with van der Waals surface area (Å²) in [5.41, 5.74) is 6.13. The number of hydrazone groups is 1. The SMILES string of the molecule is C(=N\Nc1ccccc1)/c1ccc(OCc2ccccc2)cc1. The van der Waals surface area contributed by atoms with Crippen LogP contribution in [0.2, 0.25) is 0 Å². The lowest BCUT2D eigenvalue weighted by molar-refractivity contribution is 0.306. The van der Waals surface area contributed by atoms with Gasteiger partial charge in [0.15, 0.2) is 0 Å². The molecule has 0 atom stereocenters. The van der Waals surface area contributed by atoms with Crippen LogP contribution in [-0.2, 0) is 6.61 Å². The average molecular weight is 302 g/mol. The summed E-state index contributed by atoms with van der Waals surface area (Å²) < 4.78 is 5.76.